The summed E-state index contributed by atoms with van der Waals surface area (Å²) in [6, 6.07) is 3.62. The average Bonchev–Trinajstić information content (AvgIpc) is 2.58. The lowest BCUT2D eigenvalue weighted by Gasteiger charge is -2.02. The summed E-state index contributed by atoms with van der Waals surface area (Å²) in [4.78, 5) is 0. The molecule has 0 aliphatic carbocycles. The van der Waals surface area contributed by atoms with Crippen LogP contribution in [0.1, 0.15) is 5.56 Å². The summed E-state index contributed by atoms with van der Waals surface area (Å²) < 4.78 is 30.7. The Bertz CT molecular complexity index is 508. The Morgan fingerprint density at radius 3 is 2.47 bits per heavy atom. The molecule has 1 aromatic carbocycles. The van der Waals surface area contributed by atoms with E-state index in [-0.39, 0.29) is 5.82 Å². The fraction of sp³-hybridized carbons (Fsp3) is 0.100. The predicted molar refractivity (Wildman–Crippen MR) is 51.0 cm³/mol. The number of hydrogen-bond acceptors (Lipinski definition) is 3. The number of aromatic nitrogens is 1. The van der Waals surface area contributed by atoms with Gasteiger partial charge in [0.2, 0.25) is 0 Å². The molecular formula is C10H8F2N2O. The van der Waals surface area contributed by atoms with Crippen molar-refractivity contribution in [2.24, 2.45) is 0 Å². The van der Waals surface area contributed by atoms with E-state index in [4.69, 9.17) is 10.3 Å². The molecule has 0 atom stereocenters. The lowest BCUT2D eigenvalue weighted by Crippen LogP contribution is -1.89. The van der Waals surface area contributed by atoms with Gasteiger partial charge < -0.3 is 10.3 Å². The number of rotatable bonds is 1. The van der Waals surface area contributed by atoms with E-state index < -0.39 is 11.6 Å². The zero-order chi connectivity index (χ0) is 11.0. The molecular weight excluding hydrogens is 202 g/mol. The fourth-order valence-corrected chi connectivity index (χ4v) is 1.33. The average molecular weight is 210 g/mol. The van der Waals surface area contributed by atoms with Gasteiger partial charge in [-0.2, -0.15) is 0 Å². The van der Waals surface area contributed by atoms with Gasteiger partial charge >= 0.3 is 0 Å². The normalized spacial score (nSPS) is 10.6. The molecule has 0 bridgehead atoms. The number of nitrogens with two attached hydrogens (primary N) is 1. The van der Waals surface area contributed by atoms with Gasteiger partial charge in [0.15, 0.2) is 23.2 Å². The number of anilines is 1. The summed E-state index contributed by atoms with van der Waals surface area (Å²) in [6.45, 7) is 1.65. The summed E-state index contributed by atoms with van der Waals surface area (Å²) in [5.41, 5.74) is 6.36. The summed E-state index contributed by atoms with van der Waals surface area (Å²) in [7, 11) is 0. The van der Waals surface area contributed by atoms with E-state index in [1.54, 1.807) is 6.92 Å². The second-order valence-corrected chi connectivity index (χ2v) is 3.20. The van der Waals surface area contributed by atoms with E-state index in [2.05, 4.69) is 5.16 Å². The number of halogens is 2. The number of nitrogen functional groups attached to an aromatic ring is 1. The van der Waals surface area contributed by atoms with Crippen LogP contribution in [0.15, 0.2) is 22.7 Å². The van der Waals surface area contributed by atoms with Crippen molar-refractivity contribution < 1.29 is 13.3 Å². The molecule has 0 aliphatic rings. The molecule has 0 amide bonds. The molecule has 2 rings (SSSR count). The van der Waals surface area contributed by atoms with Crippen molar-refractivity contribution in [3.63, 3.8) is 0 Å². The third kappa shape index (κ3) is 1.68. The third-order valence-electron chi connectivity index (χ3n) is 2.06. The summed E-state index contributed by atoms with van der Waals surface area (Å²) >= 11 is 0. The molecule has 2 N–H and O–H groups in total. The highest BCUT2D eigenvalue weighted by Gasteiger charge is 2.12. The minimum atomic E-state index is -0.925. The Balaban J connectivity index is 2.58. The largest absolute Gasteiger partial charge is 0.381 e. The first kappa shape index (κ1) is 9.64. The SMILES string of the molecule is Cc1cc(F)c(F)cc1-c1cc(N)no1. The maximum Gasteiger partial charge on any atom is 0.169 e. The molecule has 1 heterocycles. The number of nitrogens with zero attached hydrogens (tertiary/aromatic N) is 1. The van der Waals surface area contributed by atoms with Crippen LogP contribution in [0.3, 0.4) is 0 Å². The summed E-state index contributed by atoms with van der Waals surface area (Å²) in [5.74, 6) is -1.28. The molecule has 5 heteroatoms. The quantitative estimate of drug-likeness (QED) is 0.786. The van der Waals surface area contributed by atoms with Crippen molar-refractivity contribution in [3.05, 3.63) is 35.4 Å². The lowest BCUT2D eigenvalue weighted by molar-refractivity contribution is 0.434. The van der Waals surface area contributed by atoms with Gasteiger partial charge in [-0.3, -0.25) is 0 Å². The standard InChI is InChI=1S/C10H8F2N2O/c1-5-2-7(11)8(12)3-6(5)9-4-10(13)14-15-9/h2-4H,1H3,(H2,13,14). The van der Waals surface area contributed by atoms with E-state index in [0.717, 1.165) is 12.1 Å². The van der Waals surface area contributed by atoms with E-state index in [9.17, 15) is 8.78 Å². The van der Waals surface area contributed by atoms with E-state index in [1.165, 1.54) is 6.07 Å². The summed E-state index contributed by atoms with van der Waals surface area (Å²) in [6.07, 6.45) is 0. The van der Waals surface area contributed by atoms with Crippen molar-refractivity contribution in [3.8, 4) is 11.3 Å². The molecule has 15 heavy (non-hydrogen) atoms. The van der Waals surface area contributed by atoms with Crippen molar-refractivity contribution in [1.29, 1.82) is 0 Å². The Kier molecular flexibility index (Phi) is 2.15. The highest BCUT2D eigenvalue weighted by molar-refractivity contribution is 5.63. The first-order chi connectivity index (χ1) is 7.08. The van der Waals surface area contributed by atoms with Gasteiger partial charge in [-0.05, 0) is 24.6 Å². The van der Waals surface area contributed by atoms with Crippen LogP contribution in [-0.4, -0.2) is 5.16 Å². The molecule has 0 unspecified atom stereocenters. The van der Waals surface area contributed by atoms with Gasteiger partial charge in [0.1, 0.15) is 0 Å². The lowest BCUT2D eigenvalue weighted by atomic mass is 10.1. The van der Waals surface area contributed by atoms with Crippen LogP contribution in [0.2, 0.25) is 0 Å². The predicted octanol–water partition coefficient (Wildman–Crippen LogP) is 2.51. The smallest absolute Gasteiger partial charge is 0.169 e. The molecule has 2 aromatic rings. The van der Waals surface area contributed by atoms with Crippen LogP contribution in [0, 0.1) is 18.6 Å². The Labute approximate surface area is 84.5 Å². The van der Waals surface area contributed by atoms with Crippen molar-refractivity contribution in [2.45, 2.75) is 6.92 Å². The van der Waals surface area contributed by atoms with Crippen LogP contribution in [0.5, 0.6) is 0 Å². The van der Waals surface area contributed by atoms with Crippen LogP contribution < -0.4 is 5.73 Å². The van der Waals surface area contributed by atoms with Gasteiger partial charge in [0.05, 0.1) is 0 Å². The van der Waals surface area contributed by atoms with Crippen LogP contribution >= 0.6 is 0 Å². The Morgan fingerprint density at radius 1 is 1.20 bits per heavy atom. The molecule has 78 valence electrons. The fourth-order valence-electron chi connectivity index (χ4n) is 1.33. The zero-order valence-corrected chi connectivity index (χ0v) is 7.92. The van der Waals surface area contributed by atoms with Crippen LogP contribution in [0.4, 0.5) is 14.6 Å². The second-order valence-electron chi connectivity index (χ2n) is 3.20. The zero-order valence-electron chi connectivity index (χ0n) is 7.92. The van der Waals surface area contributed by atoms with Gasteiger partial charge in [0.25, 0.3) is 0 Å². The maximum absolute atomic E-state index is 13.0. The van der Waals surface area contributed by atoms with Gasteiger partial charge in [0, 0.05) is 11.6 Å². The van der Waals surface area contributed by atoms with E-state index in [1.807, 2.05) is 0 Å². The second kappa shape index (κ2) is 3.34. The number of hydrogen-bond donors (Lipinski definition) is 1. The van der Waals surface area contributed by atoms with E-state index >= 15 is 0 Å². The molecule has 3 nitrogen and oxygen atoms in total. The minimum absolute atomic E-state index is 0.203. The molecule has 0 radical (unpaired) electrons. The van der Waals surface area contributed by atoms with Gasteiger partial charge in [-0.15, -0.1) is 0 Å². The van der Waals surface area contributed by atoms with Gasteiger partial charge in [-0.1, -0.05) is 5.16 Å². The van der Waals surface area contributed by atoms with Crippen LogP contribution in [0.25, 0.3) is 11.3 Å². The molecule has 0 saturated heterocycles. The molecule has 0 fully saturated rings. The van der Waals surface area contributed by atoms with Gasteiger partial charge in [-0.25, -0.2) is 8.78 Å². The molecule has 0 spiro atoms. The Hall–Kier alpha value is -1.91. The van der Waals surface area contributed by atoms with Crippen molar-refractivity contribution >= 4 is 5.82 Å². The molecule has 1 aromatic heterocycles. The topological polar surface area (TPSA) is 52.0 Å². The Morgan fingerprint density at radius 2 is 1.87 bits per heavy atom. The highest BCUT2D eigenvalue weighted by atomic mass is 19.2. The highest BCUT2D eigenvalue weighted by Crippen LogP contribution is 2.26. The van der Waals surface area contributed by atoms with Crippen molar-refractivity contribution in [1.82, 2.24) is 5.16 Å². The van der Waals surface area contributed by atoms with Crippen molar-refractivity contribution in [2.75, 3.05) is 5.73 Å². The molecule has 0 aliphatic heterocycles. The molecule has 0 saturated carbocycles. The summed E-state index contributed by atoms with van der Waals surface area (Å²) in [5, 5.41) is 3.47. The third-order valence-corrected chi connectivity index (χ3v) is 2.06. The monoisotopic (exact) mass is 210 g/mol. The number of aryl methyl sites for hydroxylation is 1. The number of benzene rings is 1. The maximum atomic E-state index is 13.0. The first-order valence-corrected chi connectivity index (χ1v) is 4.26. The first-order valence-electron chi connectivity index (χ1n) is 4.26. The minimum Gasteiger partial charge on any atom is -0.381 e. The van der Waals surface area contributed by atoms with E-state index in [0.29, 0.717) is 16.9 Å². The van der Waals surface area contributed by atoms with Crippen LogP contribution in [-0.2, 0) is 0 Å².